The van der Waals surface area contributed by atoms with Crippen LogP contribution in [0.15, 0.2) is 34.8 Å². The molecule has 0 aliphatic heterocycles. The summed E-state index contributed by atoms with van der Waals surface area (Å²) in [5.74, 6) is 0.691. The third-order valence-corrected chi connectivity index (χ3v) is 4.38. The first-order valence-corrected chi connectivity index (χ1v) is 8.09. The molecule has 0 radical (unpaired) electrons. The Balaban J connectivity index is 2.33. The zero-order chi connectivity index (χ0) is 15.6. The van der Waals surface area contributed by atoms with Crippen molar-refractivity contribution in [1.29, 1.82) is 0 Å². The topological polar surface area (TPSA) is 21.3 Å². The SMILES string of the molecule is COc1c(Br)cc(Cl)cc1NC(C)c1ccc(Cl)cc1Cl. The minimum absolute atomic E-state index is 0.0333. The predicted octanol–water partition coefficient (Wildman–Crippen LogP) is 6.59. The first-order valence-electron chi connectivity index (χ1n) is 6.17. The molecule has 2 nitrogen and oxygen atoms in total. The van der Waals surface area contributed by atoms with E-state index < -0.39 is 0 Å². The van der Waals surface area contributed by atoms with Gasteiger partial charge >= 0.3 is 0 Å². The van der Waals surface area contributed by atoms with Gasteiger partial charge in [-0.2, -0.15) is 0 Å². The molecule has 2 rings (SSSR count). The van der Waals surface area contributed by atoms with Crippen LogP contribution in [0.1, 0.15) is 18.5 Å². The van der Waals surface area contributed by atoms with Gasteiger partial charge in [0.1, 0.15) is 0 Å². The van der Waals surface area contributed by atoms with Crippen molar-refractivity contribution in [2.45, 2.75) is 13.0 Å². The quantitative estimate of drug-likeness (QED) is 0.615. The van der Waals surface area contributed by atoms with Crippen LogP contribution in [0.5, 0.6) is 5.75 Å². The smallest absolute Gasteiger partial charge is 0.156 e. The van der Waals surface area contributed by atoms with Crippen molar-refractivity contribution in [1.82, 2.24) is 0 Å². The van der Waals surface area contributed by atoms with E-state index in [0.717, 1.165) is 15.7 Å². The van der Waals surface area contributed by atoms with Crippen molar-refractivity contribution in [3.8, 4) is 5.75 Å². The third kappa shape index (κ3) is 3.98. The van der Waals surface area contributed by atoms with Gasteiger partial charge in [-0.25, -0.2) is 0 Å². The molecule has 1 atom stereocenters. The van der Waals surface area contributed by atoms with E-state index in [1.807, 2.05) is 25.1 Å². The average molecular weight is 410 g/mol. The Kier molecular flexibility index (Phi) is 5.67. The summed E-state index contributed by atoms with van der Waals surface area (Å²) >= 11 is 21.7. The van der Waals surface area contributed by atoms with Crippen LogP contribution >= 0.6 is 50.7 Å². The van der Waals surface area contributed by atoms with E-state index in [0.29, 0.717) is 20.8 Å². The van der Waals surface area contributed by atoms with Gasteiger partial charge in [-0.3, -0.25) is 0 Å². The molecule has 0 aliphatic rings. The highest BCUT2D eigenvalue weighted by molar-refractivity contribution is 9.10. The van der Waals surface area contributed by atoms with Crippen LogP contribution in [0, 0.1) is 0 Å². The van der Waals surface area contributed by atoms with Gasteiger partial charge in [0, 0.05) is 15.1 Å². The molecular formula is C15H13BrCl3NO. The van der Waals surface area contributed by atoms with E-state index in [-0.39, 0.29) is 6.04 Å². The number of ether oxygens (including phenoxy) is 1. The summed E-state index contributed by atoms with van der Waals surface area (Å²) < 4.78 is 6.18. The summed E-state index contributed by atoms with van der Waals surface area (Å²) in [4.78, 5) is 0. The molecule has 0 saturated heterocycles. The number of benzene rings is 2. The van der Waals surface area contributed by atoms with Crippen molar-refractivity contribution in [2.24, 2.45) is 0 Å². The highest BCUT2D eigenvalue weighted by atomic mass is 79.9. The maximum atomic E-state index is 6.24. The summed E-state index contributed by atoms with van der Waals surface area (Å²) in [6.07, 6.45) is 0. The number of halogens is 4. The van der Waals surface area contributed by atoms with Gasteiger partial charge in [0.05, 0.1) is 23.3 Å². The van der Waals surface area contributed by atoms with Crippen molar-refractivity contribution < 1.29 is 4.74 Å². The summed E-state index contributed by atoms with van der Waals surface area (Å²) in [6, 6.07) is 8.99. The monoisotopic (exact) mass is 407 g/mol. The number of hydrogen-bond acceptors (Lipinski definition) is 2. The molecule has 0 fully saturated rings. The number of rotatable bonds is 4. The maximum Gasteiger partial charge on any atom is 0.156 e. The molecule has 0 heterocycles. The normalized spacial score (nSPS) is 12.1. The van der Waals surface area contributed by atoms with Crippen molar-refractivity contribution in [3.63, 3.8) is 0 Å². The van der Waals surface area contributed by atoms with E-state index in [9.17, 15) is 0 Å². The maximum absolute atomic E-state index is 6.24. The van der Waals surface area contributed by atoms with Gasteiger partial charge in [0.2, 0.25) is 0 Å². The lowest BCUT2D eigenvalue weighted by atomic mass is 10.1. The van der Waals surface area contributed by atoms with E-state index in [1.54, 1.807) is 19.2 Å². The van der Waals surface area contributed by atoms with Gasteiger partial charge in [0.15, 0.2) is 5.75 Å². The van der Waals surface area contributed by atoms with E-state index in [4.69, 9.17) is 39.5 Å². The summed E-state index contributed by atoms with van der Waals surface area (Å²) in [7, 11) is 1.61. The lowest BCUT2D eigenvalue weighted by Crippen LogP contribution is -2.08. The molecule has 0 bridgehead atoms. The fourth-order valence-electron chi connectivity index (χ4n) is 2.04. The standard InChI is InChI=1S/C15H13BrCl3NO/c1-8(11-4-3-9(17)6-13(11)19)20-14-7-10(18)5-12(16)15(14)21-2/h3-8,20H,1-2H3. The molecule has 0 spiro atoms. The molecule has 0 amide bonds. The van der Waals surface area contributed by atoms with Crippen LogP contribution in [-0.2, 0) is 0 Å². The van der Waals surface area contributed by atoms with Gasteiger partial charge in [-0.1, -0.05) is 40.9 Å². The van der Waals surface area contributed by atoms with Crippen LogP contribution in [0.3, 0.4) is 0 Å². The fraction of sp³-hybridized carbons (Fsp3) is 0.200. The second-order valence-electron chi connectivity index (χ2n) is 4.50. The Morgan fingerprint density at radius 2 is 1.81 bits per heavy atom. The molecule has 0 saturated carbocycles. The van der Waals surface area contributed by atoms with Gasteiger partial charge in [-0.05, 0) is 52.7 Å². The molecular weight excluding hydrogens is 396 g/mol. The lowest BCUT2D eigenvalue weighted by Gasteiger charge is -2.20. The Morgan fingerprint density at radius 3 is 2.43 bits per heavy atom. The van der Waals surface area contributed by atoms with Gasteiger partial charge in [-0.15, -0.1) is 0 Å². The molecule has 1 unspecified atom stereocenters. The minimum atomic E-state index is -0.0333. The van der Waals surface area contributed by atoms with Gasteiger partial charge in [0.25, 0.3) is 0 Å². The summed E-state index contributed by atoms with van der Waals surface area (Å²) in [6.45, 7) is 2.00. The largest absolute Gasteiger partial charge is 0.493 e. The number of methoxy groups -OCH3 is 1. The van der Waals surface area contributed by atoms with Crippen molar-refractivity contribution >= 4 is 56.4 Å². The summed E-state index contributed by atoms with van der Waals surface area (Å²) in [5.41, 5.74) is 1.73. The van der Waals surface area contributed by atoms with Crippen LogP contribution in [0.2, 0.25) is 15.1 Å². The predicted molar refractivity (Wildman–Crippen MR) is 94.2 cm³/mol. The summed E-state index contributed by atoms with van der Waals surface area (Å²) in [5, 5.41) is 5.19. The zero-order valence-corrected chi connectivity index (χ0v) is 15.2. The van der Waals surface area contributed by atoms with Crippen LogP contribution in [0.25, 0.3) is 0 Å². The first-order chi connectivity index (χ1) is 9.92. The molecule has 2 aromatic carbocycles. The van der Waals surface area contributed by atoms with Crippen molar-refractivity contribution in [3.05, 3.63) is 55.4 Å². The van der Waals surface area contributed by atoms with E-state index in [1.165, 1.54) is 0 Å². The molecule has 0 aromatic heterocycles. The Morgan fingerprint density at radius 1 is 1.10 bits per heavy atom. The molecule has 1 N–H and O–H groups in total. The van der Waals surface area contributed by atoms with E-state index >= 15 is 0 Å². The van der Waals surface area contributed by atoms with Crippen LogP contribution in [-0.4, -0.2) is 7.11 Å². The zero-order valence-electron chi connectivity index (χ0n) is 11.4. The Bertz CT molecular complexity index is 664. The van der Waals surface area contributed by atoms with Crippen molar-refractivity contribution in [2.75, 3.05) is 12.4 Å². The molecule has 2 aromatic rings. The van der Waals surface area contributed by atoms with Crippen LogP contribution < -0.4 is 10.1 Å². The first kappa shape index (κ1) is 16.8. The minimum Gasteiger partial charge on any atom is -0.493 e. The highest BCUT2D eigenvalue weighted by Crippen LogP contribution is 2.38. The number of nitrogens with one attached hydrogen (secondary N) is 1. The van der Waals surface area contributed by atoms with E-state index in [2.05, 4.69) is 21.2 Å². The Hall–Kier alpha value is -0.610. The third-order valence-electron chi connectivity index (χ3n) is 3.01. The highest BCUT2D eigenvalue weighted by Gasteiger charge is 2.15. The average Bonchev–Trinajstić information content (AvgIpc) is 2.37. The molecule has 21 heavy (non-hydrogen) atoms. The molecule has 112 valence electrons. The second kappa shape index (κ2) is 7.10. The van der Waals surface area contributed by atoms with Crippen LogP contribution in [0.4, 0.5) is 5.69 Å². The number of anilines is 1. The molecule has 0 aliphatic carbocycles. The van der Waals surface area contributed by atoms with Gasteiger partial charge < -0.3 is 10.1 Å². The fourth-order valence-corrected chi connectivity index (χ4v) is 3.58. The second-order valence-corrected chi connectivity index (χ2v) is 6.63. The molecule has 6 heteroatoms. The lowest BCUT2D eigenvalue weighted by molar-refractivity contribution is 0.413. The Labute approximate surface area is 147 Å². The number of hydrogen-bond donors (Lipinski definition) is 1.